The molecule has 0 aliphatic carbocycles. The van der Waals surface area contributed by atoms with Crippen molar-refractivity contribution in [3.05, 3.63) is 59.1 Å². The third-order valence-electron chi connectivity index (χ3n) is 4.12. The topological polar surface area (TPSA) is 56.1 Å². The van der Waals surface area contributed by atoms with E-state index in [0.29, 0.717) is 25.4 Å². The summed E-state index contributed by atoms with van der Waals surface area (Å²) in [6.45, 7) is 1.90. The Balaban J connectivity index is 1.54. The maximum atomic E-state index is 12.2. The molecule has 27 heavy (non-hydrogen) atoms. The first kappa shape index (κ1) is 19.7. The second kappa shape index (κ2) is 9.78. The van der Waals surface area contributed by atoms with Crippen LogP contribution in [0.5, 0.6) is 0 Å². The molecule has 0 saturated carbocycles. The third kappa shape index (κ3) is 5.48. The van der Waals surface area contributed by atoms with Crippen LogP contribution in [-0.4, -0.2) is 41.5 Å². The summed E-state index contributed by atoms with van der Waals surface area (Å²) in [7, 11) is 1.68. The zero-order valence-corrected chi connectivity index (χ0v) is 16.7. The average Bonchev–Trinajstić information content (AvgIpc) is 3.04. The molecular formula is C20H22ClN3O2S. The van der Waals surface area contributed by atoms with Gasteiger partial charge >= 0.3 is 0 Å². The van der Waals surface area contributed by atoms with E-state index < -0.39 is 0 Å². The highest BCUT2D eigenvalue weighted by atomic mass is 35.5. The molecule has 0 bridgehead atoms. The number of hydrogen-bond acceptors (Lipinski definition) is 4. The minimum atomic E-state index is -0.000638. The smallest absolute Gasteiger partial charge is 0.230 e. The fourth-order valence-electron chi connectivity index (χ4n) is 2.74. The fourth-order valence-corrected chi connectivity index (χ4v) is 3.74. The quantitative estimate of drug-likeness (QED) is 0.552. The molecule has 7 heteroatoms. The highest BCUT2D eigenvalue weighted by Crippen LogP contribution is 2.23. The number of fused-ring (bicyclic) bond motifs is 1. The van der Waals surface area contributed by atoms with Gasteiger partial charge in [0, 0.05) is 25.2 Å². The minimum Gasteiger partial charge on any atom is -0.383 e. The molecule has 0 radical (unpaired) electrons. The number of carbonyl (C=O) groups is 1. The number of nitrogens with zero attached hydrogens (tertiary/aromatic N) is 2. The SMILES string of the molecule is COCCn1c(SCC(=O)NCCc2ccc(Cl)cc2)nc2ccccc21. The van der Waals surface area contributed by atoms with Gasteiger partial charge in [0.25, 0.3) is 0 Å². The second-order valence-electron chi connectivity index (χ2n) is 6.04. The first-order valence-corrected chi connectivity index (χ1v) is 10.1. The van der Waals surface area contributed by atoms with Gasteiger partial charge in [0.15, 0.2) is 5.16 Å². The number of carbonyl (C=O) groups excluding carboxylic acids is 1. The molecular weight excluding hydrogens is 382 g/mol. The molecule has 0 aliphatic rings. The van der Waals surface area contributed by atoms with Gasteiger partial charge in [-0.25, -0.2) is 4.98 Å². The Hall–Kier alpha value is -2.02. The molecule has 5 nitrogen and oxygen atoms in total. The zero-order chi connectivity index (χ0) is 19.1. The van der Waals surface area contributed by atoms with E-state index in [-0.39, 0.29) is 5.91 Å². The number of thioether (sulfide) groups is 1. The summed E-state index contributed by atoms with van der Waals surface area (Å²) >= 11 is 7.33. The summed E-state index contributed by atoms with van der Waals surface area (Å²) in [6.07, 6.45) is 0.778. The van der Waals surface area contributed by atoms with Crippen LogP contribution in [0.15, 0.2) is 53.7 Å². The molecule has 3 aromatic rings. The molecule has 3 rings (SSSR count). The first-order chi connectivity index (χ1) is 13.2. The van der Waals surface area contributed by atoms with Gasteiger partial charge in [-0.3, -0.25) is 4.79 Å². The van der Waals surface area contributed by atoms with Gasteiger partial charge in [-0.2, -0.15) is 0 Å². The van der Waals surface area contributed by atoms with Crippen molar-refractivity contribution in [1.29, 1.82) is 0 Å². The number of amides is 1. The van der Waals surface area contributed by atoms with Gasteiger partial charge in [-0.15, -0.1) is 0 Å². The maximum absolute atomic E-state index is 12.2. The van der Waals surface area contributed by atoms with Crippen molar-refractivity contribution in [2.45, 2.75) is 18.1 Å². The highest BCUT2D eigenvalue weighted by Gasteiger charge is 2.12. The van der Waals surface area contributed by atoms with Crippen LogP contribution >= 0.6 is 23.4 Å². The van der Waals surface area contributed by atoms with Crippen molar-refractivity contribution in [3.8, 4) is 0 Å². The Morgan fingerprint density at radius 2 is 2.00 bits per heavy atom. The van der Waals surface area contributed by atoms with E-state index in [1.807, 2.05) is 48.5 Å². The normalized spacial score (nSPS) is 11.0. The molecule has 1 heterocycles. The van der Waals surface area contributed by atoms with Crippen molar-refractivity contribution in [2.75, 3.05) is 26.0 Å². The van der Waals surface area contributed by atoms with Crippen LogP contribution in [0.3, 0.4) is 0 Å². The van der Waals surface area contributed by atoms with Crippen molar-refractivity contribution >= 4 is 40.3 Å². The molecule has 0 unspecified atom stereocenters. The number of hydrogen-bond donors (Lipinski definition) is 1. The van der Waals surface area contributed by atoms with E-state index in [1.54, 1.807) is 7.11 Å². The number of para-hydroxylation sites is 2. The zero-order valence-electron chi connectivity index (χ0n) is 15.2. The lowest BCUT2D eigenvalue weighted by molar-refractivity contribution is -0.118. The van der Waals surface area contributed by atoms with Gasteiger partial charge < -0.3 is 14.6 Å². The second-order valence-corrected chi connectivity index (χ2v) is 7.42. The lowest BCUT2D eigenvalue weighted by atomic mass is 10.1. The number of ether oxygens (including phenoxy) is 1. The van der Waals surface area contributed by atoms with Crippen molar-refractivity contribution in [2.24, 2.45) is 0 Å². The number of imidazole rings is 1. The van der Waals surface area contributed by atoms with E-state index in [0.717, 1.165) is 33.2 Å². The molecule has 0 spiro atoms. The number of benzene rings is 2. The van der Waals surface area contributed by atoms with E-state index >= 15 is 0 Å². The van der Waals surface area contributed by atoms with Crippen LogP contribution in [0.25, 0.3) is 11.0 Å². The number of halogens is 1. The summed E-state index contributed by atoms with van der Waals surface area (Å²) in [6, 6.07) is 15.6. The number of aromatic nitrogens is 2. The highest BCUT2D eigenvalue weighted by molar-refractivity contribution is 7.99. The molecule has 1 aromatic heterocycles. The molecule has 0 saturated heterocycles. The molecule has 142 valence electrons. The lowest BCUT2D eigenvalue weighted by Gasteiger charge is -2.09. The predicted molar refractivity (Wildman–Crippen MR) is 110 cm³/mol. The Bertz CT molecular complexity index is 896. The van der Waals surface area contributed by atoms with E-state index in [2.05, 4.69) is 14.9 Å². The lowest BCUT2D eigenvalue weighted by Crippen LogP contribution is -2.27. The Kier molecular flexibility index (Phi) is 7.15. The summed E-state index contributed by atoms with van der Waals surface area (Å²) < 4.78 is 7.30. The third-order valence-corrected chi connectivity index (χ3v) is 5.35. The monoisotopic (exact) mass is 403 g/mol. The molecule has 0 atom stereocenters. The Labute approximate surface area is 168 Å². The standard InChI is InChI=1S/C20H22ClN3O2S/c1-26-13-12-24-18-5-3-2-4-17(18)23-20(24)27-14-19(25)22-11-10-15-6-8-16(21)9-7-15/h2-9H,10-14H2,1H3,(H,22,25). The summed E-state index contributed by atoms with van der Waals surface area (Å²) in [5, 5.41) is 4.51. The predicted octanol–water partition coefficient (Wildman–Crippen LogP) is 3.79. The van der Waals surface area contributed by atoms with E-state index in [4.69, 9.17) is 16.3 Å². The largest absolute Gasteiger partial charge is 0.383 e. The number of rotatable bonds is 9. The van der Waals surface area contributed by atoms with E-state index in [1.165, 1.54) is 11.8 Å². The van der Waals surface area contributed by atoms with Gasteiger partial charge in [0.2, 0.25) is 5.91 Å². The fraction of sp³-hybridized carbons (Fsp3) is 0.300. The molecule has 1 amide bonds. The summed E-state index contributed by atoms with van der Waals surface area (Å²) in [5.41, 5.74) is 3.13. The number of methoxy groups -OCH3 is 1. The van der Waals surface area contributed by atoms with Gasteiger partial charge in [0.1, 0.15) is 0 Å². The molecule has 2 aromatic carbocycles. The molecule has 0 aliphatic heterocycles. The van der Waals surface area contributed by atoms with Crippen LogP contribution in [0, 0.1) is 0 Å². The van der Waals surface area contributed by atoms with Gasteiger partial charge in [0.05, 0.1) is 23.4 Å². The van der Waals surface area contributed by atoms with Crippen molar-refractivity contribution in [1.82, 2.24) is 14.9 Å². The van der Waals surface area contributed by atoms with Crippen LogP contribution in [0.2, 0.25) is 5.02 Å². The average molecular weight is 404 g/mol. The van der Waals surface area contributed by atoms with Crippen LogP contribution in [0.1, 0.15) is 5.56 Å². The van der Waals surface area contributed by atoms with Gasteiger partial charge in [-0.1, -0.05) is 47.6 Å². The minimum absolute atomic E-state index is 0.000638. The Morgan fingerprint density at radius 3 is 2.78 bits per heavy atom. The summed E-state index contributed by atoms with van der Waals surface area (Å²) in [5.74, 6) is 0.330. The maximum Gasteiger partial charge on any atom is 0.230 e. The first-order valence-electron chi connectivity index (χ1n) is 8.75. The van der Waals surface area contributed by atoms with E-state index in [9.17, 15) is 4.79 Å². The van der Waals surface area contributed by atoms with Crippen LogP contribution in [-0.2, 0) is 22.5 Å². The van der Waals surface area contributed by atoms with Crippen molar-refractivity contribution in [3.63, 3.8) is 0 Å². The molecule has 0 fully saturated rings. The molecule has 1 N–H and O–H groups in total. The Morgan fingerprint density at radius 1 is 1.22 bits per heavy atom. The van der Waals surface area contributed by atoms with Crippen LogP contribution < -0.4 is 5.32 Å². The number of nitrogens with one attached hydrogen (secondary N) is 1. The van der Waals surface area contributed by atoms with Gasteiger partial charge in [-0.05, 0) is 36.2 Å². The summed E-state index contributed by atoms with van der Waals surface area (Å²) in [4.78, 5) is 16.8. The van der Waals surface area contributed by atoms with Crippen molar-refractivity contribution < 1.29 is 9.53 Å². The van der Waals surface area contributed by atoms with Crippen LogP contribution in [0.4, 0.5) is 0 Å².